The van der Waals surface area contributed by atoms with E-state index in [1.54, 1.807) is 0 Å². The fourth-order valence-corrected chi connectivity index (χ4v) is 2.42. The summed E-state index contributed by atoms with van der Waals surface area (Å²) in [6, 6.07) is 11.5. The van der Waals surface area contributed by atoms with Gasteiger partial charge in [0.25, 0.3) is 0 Å². The molecule has 2 rings (SSSR count). The standard InChI is InChI=1S/C15H23NO/c1-12-8-15(9-12)16-13(2)10-17-11-14-6-4-3-5-7-14/h3-7,12-13,15-16H,8-11H2,1-2H3. The molecular weight excluding hydrogens is 210 g/mol. The van der Waals surface area contributed by atoms with Gasteiger partial charge in [-0.2, -0.15) is 0 Å². The van der Waals surface area contributed by atoms with E-state index in [-0.39, 0.29) is 0 Å². The zero-order chi connectivity index (χ0) is 12.1. The molecule has 1 saturated carbocycles. The highest BCUT2D eigenvalue weighted by atomic mass is 16.5. The maximum Gasteiger partial charge on any atom is 0.0717 e. The summed E-state index contributed by atoms with van der Waals surface area (Å²) in [5.74, 6) is 0.907. The molecule has 1 atom stereocenters. The molecule has 1 aromatic rings. The number of benzene rings is 1. The van der Waals surface area contributed by atoms with Crippen molar-refractivity contribution in [1.29, 1.82) is 0 Å². The van der Waals surface area contributed by atoms with Crippen LogP contribution < -0.4 is 5.32 Å². The predicted molar refractivity (Wildman–Crippen MR) is 70.9 cm³/mol. The Labute approximate surface area is 104 Å². The van der Waals surface area contributed by atoms with Crippen LogP contribution in [0.1, 0.15) is 32.3 Å². The Balaban J connectivity index is 1.58. The molecule has 0 spiro atoms. The summed E-state index contributed by atoms with van der Waals surface area (Å²) in [5, 5.41) is 3.61. The second kappa shape index (κ2) is 6.18. The van der Waals surface area contributed by atoms with Crippen molar-refractivity contribution in [3.05, 3.63) is 35.9 Å². The molecule has 2 heteroatoms. The Kier molecular flexibility index (Phi) is 4.57. The number of ether oxygens (including phenoxy) is 1. The maximum atomic E-state index is 5.72. The first-order valence-electron chi connectivity index (χ1n) is 6.61. The van der Waals surface area contributed by atoms with Gasteiger partial charge in [-0.3, -0.25) is 0 Å². The van der Waals surface area contributed by atoms with E-state index in [0.29, 0.717) is 12.6 Å². The van der Waals surface area contributed by atoms with E-state index in [4.69, 9.17) is 4.74 Å². The van der Waals surface area contributed by atoms with Crippen LogP contribution in [0.3, 0.4) is 0 Å². The number of rotatable bonds is 6. The second-order valence-corrected chi connectivity index (χ2v) is 5.34. The number of nitrogens with one attached hydrogen (secondary N) is 1. The van der Waals surface area contributed by atoms with E-state index in [0.717, 1.165) is 18.6 Å². The first-order chi connectivity index (χ1) is 8.24. The third kappa shape index (κ3) is 4.14. The van der Waals surface area contributed by atoms with Crippen molar-refractivity contribution >= 4 is 0 Å². The van der Waals surface area contributed by atoms with E-state index in [2.05, 4.69) is 43.4 Å². The maximum absolute atomic E-state index is 5.72. The van der Waals surface area contributed by atoms with Crippen LogP contribution in [-0.4, -0.2) is 18.7 Å². The minimum absolute atomic E-state index is 0.455. The van der Waals surface area contributed by atoms with Crippen LogP contribution in [0.15, 0.2) is 30.3 Å². The lowest BCUT2D eigenvalue weighted by Gasteiger charge is -2.35. The Morgan fingerprint density at radius 1 is 1.29 bits per heavy atom. The summed E-state index contributed by atoms with van der Waals surface area (Å²) in [5.41, 5.74) is 1.25. The minimum atomic E-state index is 0.455. The molecule has 0 amide bonds. The van der Waals surface area contributed by atoms with Crippen LogP contribution in [0, 0.1) is 5.92 Å². The zero-order valence-electron chi connectivity index (χ0n) is 10.9. The Morgan fingerprint density at radius 3 is 2.65 bits per heavy atom. The molecule has 0 heterocycles. The van der Waals surface area contributed by atoms with Gasteiger partial charge >= 0.3 is 0 Å². The molecule has 1 aliphatic rings. The summed E-state index contributed by atoms with van der Waals surface area (Å²) in [6.45, 7) is 6.02. The summed E-state index contributed by atoms with van der Waals surface area (Å²) >= 11 is 0. The Bertz CT molecular complexity index is 319. The fourth-order valence-electron chi connectivity index (χ4n) is 2.42. The smallest absolute Gasteiger partial charge is 0.0717 e. The predicted octanol–water partition coefficient (Wildman–Crippen LogP) is 2.98. The van der Waals surface area contributed by atoms with E-state index >= 15 is 0 Å². The van der Waals surface area contributed by atoms with Crippen molar-refractivity contribution < 1.29 is 4.74 Å². The van der Waals surface area contributed by atoms with Crippen molar-refractivity contribution in [3.8, 4) is 0 Å². The summed E-state index contributed by atoms with van der Waals surface area (Å²) in [7, 11) is 0. The average molecular weight is 233 g/mol. The van der Waals surface area contributed by atoms with Gasteiger partial charge in [-0.05, 0) is 31.2 Å². The normalized spacial score (nSPS) is 25.3. The SMILES string of the molecule is CC1CC(NC(C)COCc2ccccc2)C1. The third-order valence-electron chi connectivity index (χ3n) is 3.37. The second-order valence-electron chi connectivity index (χ2n) is 5.34. The van der Waals surface area contributed by atoms with Crippen LogP contribution in [0.4, 0.5) is 0 Å². The van der Waals surface area contributed by atoms with Gasteiger partial charge in [-0.15, -0.1) is 0 Å². The quantitative estimate of drug-likeness (QED) is 0.815. The van der Waals surface area contributed by atoms with Crippen molar-refractivity contribution in [2.24, 2.45) is 5.92 Å². The lowest BCUT2D eigenvalue weighted by atomic mass is 9.81. The zero-order valence-corrected chi connectivity index (χ0v) is 10.9. The van der Waals surface area contributed by atoms with E-state index in [1.807, 2.05) is 6.07 Å². The van der Waals surface area contributed by atoms with Gasteiger partial charge in [0.15, 0.2) is 0 Å². The lowest BCUT2D eigenvalue weighted by Crippen LogP contribution is -2.46. The molecule has 94 valence electrons. The van der Waals surface area contributed by atoms with Gasteiger partial charge in [0.1, 0.15) is 0 Å². The molecule has 1 unspecified atom stereocenters. The first-order valence-corrected chi connectivity index (χ1v) is 6.61. The first kappa shape index (κ1) is 12.6. The van der Waals surface area contributed by atoms with Crippen molar-refractivity contribution in [2.45, 2.75) is 45.4 Å². The molecular formula is C15H23NO. The molecule has 2 nitrogen and oxygen atoms in total. The van der Waals surface area contributed by atoms with Crippen molar-refractivity contribution in [3.63, 3.8) is 0 Å². The molecule has 0 aliphatic heterocycles. The van der Waals surface area contributed by atoms with Gasteiger partial charge in [0, 0.05) is 12.1 Å². The average Bonchev–Trinajstić information content (AvgIpc) is 2.28. The van der Waals surface area contributed by atoms with Gasteiger partial charge in [-0.1, -0.05) is 37.3 Å². The van der Waals surface area contributed by atoms with Crippen LogP contribution in [0.2, 0.25) is 0 Å². The molecule has 0 saturated heterocycles. The largest absolute Gasteiger partial charge is 0.375 e. The van der Waals surface area contributed by atoms with Crippen LogP contribution >= 0.6 is 0 Å². The third-order valence-corrected chi connectivity index (χ3v) is 3.37. The van der Waals surface area contributed by atoms with E-state index < -0.39 is 0 Å². The van der Waals surface area contributed by atoms with Crippen LogP contribution in [0.5, 0.6) is 0 Å². The molecule has 0 aromatic heterocycles. The fraction of sp³-hybridized carbons (Fsp3) is 0.600. The molecule has 17 heavy (non-hydrogen) atoms. The molecule has 1 fully saturated rings. The van der Waals surface area contributed by atoms with Crippen molar-refractivity contribution in [1.82, 2.24) is 5.32 Å². The highest BCUT2D eigenvalue weighted by molar-refractivity contribution is 5.13. The molecule has 0 bridgehead atoms. The molecule has 1 aromatic carbocycles. The minimum Gasteiger partial charge on any atom is -0.375 e. The summed E-state index contributed by atoms with van der Waals surface area (Å²) in [4.78, 5) is 0. The number of hydrogen-bond donors (Lipinski definition) is 1. The summed E-state index contributed by atoms with van der Waals surface area (Å²) < 4.78 is 5.72. The Hall–Kier alpha value is -0.860. The van der Waals surface area contributed by atoms with Gasteiger partial charge in [0.05, 0.1) is 13.2 Å². The highest BCUT2D eigenvalue weighted by Gasteiger charge is 2.25. The number of hydrogen-bond acceptors (Lipinski definition) is 2. The van der Waals surface area contributed by atoms with Gasteiger partial charge in [0.2, 0.25) is 0 Å². The highest BCUT2D eigenvalue weighted by Crippen LogP contribution is 2.26. The van der Waals surface area contributed by atoms with Crippen molar-refractivity contribution in [2.75, 3.05) is 6.61 Å². The molecule has 1 aliphatic carbocycles. The van der Waals surface area contributed by atoms with E-state index in [9.17, 15) is 0 Å². The van der Waals surface area contributed by atoms with Crippen LogP contribution in [-0.2, 0) is 11.3 Å². The summed E-state index contributed by atoms with van der Waals surface area (Å²) in [6.07, 6.45) is 2.64. The Morgan fingerprint density at radius 2 is 2.00 bits per heavy atom. The van der Waals surface area contributed by atoms with Crippen LogP contribution in [0.25, 0.3) is 0 Å². The monoisotopic (exact) mass is 233 g/mol. The van der Waals surface area contributed by atoms with E-state index in [1.165, 1.54) is 18.4 Å². The van der Waals surface area contributed by atoms with Gasteiger partial charge < -0.3 is 10.1 Å². The molecule has 1 N–H and O–H groups in total. The molecule has 0 radical (unpaired) electrons. The van der Waals surface area contributed by atoms with Gasteiger partial charge in [-0.25, -0.2) is 0 Å². The lowest BCUT2D eigenvalue weighted by molar-refractivity contribution is 0.0906. The topological polar surface area (TPSA) is 21.3 Å².